The third kappa shape index (κ3) is 5.77. The number of rotatable bonds is 15. The minimum Gasteiger partial charge on any atom is -0.465 e. The van der Waals surface area contributed by atoms with Gasteiger partial charge in [0.15, 0.2) is 0 Å². The van der Waals surface area contributed by atoms with Gasteiger partial charge in [-0.2, -0.15) is 0 Å². The minimum atomic E-state index is -0.907. The van der Waals surface area contributed by atoms with Gasteiger partial charge in [-0.05, 0) is 76.3 Å². The number of unbranched alkanes of at least 4 members (excludes halogenated alkanes) is 1. The molecule has 3 heterocycles. The van der Waals surface area contributed by atoms with E-state index in [0.29, 0.717) is 24.9 Å². The molecule has 2 unspecified atom stereocenters. The quantitative estimate of drug-likeness (QED) is 0.149. The number of aliphatic hydroxyl groups excluding tert-OH is 1. The number of anilines is 2. The van der Waals surface area contributed by atoms with Crippen molar-refractivity contribution in [2.45, 2.75) is 68.0 Å². The van der Waals surface area contributed by atoms with E-state index in [1.54, 1.807) is 33.7 Å². The maximum absolute atomic E-state index is 15.1. The first-order chi connectivity index (χ1) is 22.2. The number of aliphatic hydroxyl groups is 1. The first kappa shape index (κ1) is 33.8. The molecule has 2 aromatic rings. The summed E-state index contributed by atoms with van der Waals surface area (Å²) in [5.41, 5.74) is 2.50. The average molecular weight is 646 g/mol. The third-order valence-corrected chi connectivity index (χ3v) is 12.0. The van der Waals surface area contributed by atoms with Crippen LogP contribution in [-0.2, 0) is 19.1 Å². The zero-order chi connectivity index (χ0) is 33.1. The first-order valence-corrected chi connectivity index (χ1v) is 17.3. The molecule has 2 aromatic carbocycles. The lowest BCUT2D eigenvalue weighted by Crippen LogP contribution is -2.56. The number of carbonyl (C=O) groups excluding carboxylic acids is 3. The Hall–Kier alpha value is -3.56. The third-order valence-electron chi connectivity index (χ3n) is 10.1. The van der Waals surface area contributed by atoms with Crippen molar-refractivity contribution in [3.05, 3.63) is 85.5 Å². The van der Waals surface area contributed by atoms with Gasteiger partial charge in [0.05, 0.1) is 35.8 Å². The maximum Gasteiger partial charge on any atom is 0.311 e. The van der Waals surface area contributed by atoms with Crippen LogP contribution in [0.3, 0.4) is 0 Å². The highest BCUT2D eigenvalue weighted by atomic mass is 32.2. The minimum absolute atomic E-state index is 0.238. The summed E-state index contributed by atoms with van der Waals surface area (Å²) in [4.78, 5) is 49.2. The van der Waals surface area contributed by atoms with Gasteiger partial charge in [0.1, 0.15) is 6.04 Å². The molecule has 2 bridgehead atoms. The molecule has 46 heavy (non-hydrogen) atoms. The van der Waals surface area contributed by atoms with Crippen molar-refractivity contribution >= 4 is 40.9 Å². The molecule has 3 fully saturated rings. The van der Waals surface area contributed by atoms with Crippen LogP contribution in [0.2, 0.25) is 0 Å². The second-order valence-corrected chi connectivity index (χ2v) is 14.5. The number of amides is 2. The molecule has 0 radical (unpaired) electrons. The molecule has 0 aliphatic carbocycles. The van der Waals surface area contributed by atoms with Gasteiger partial charge < -0.3 is 24.5 Å². The standard InChI is InChI=1S/C37H47N3O5S/c1-6-10-14-24-45-35(44)31-30-33(42)40(29(25-41)26-15-12-11-13-16-26)32(37(30)22-21-36(31,5)46-37)34(43)39(23-7-2)28-19-17-27(18-20-28)38(8-3)9-4/h6-7,11-13,15-20,29-32,41H,1-2,8-10,14,21-25H2,3-5H3/t29-,30+,31+,32?,36-,37?/m1/s1. The second-order valence-electron chi connectivity index (χ2n) is 12.6. The topological polar surface area (TPSA) is 90.4 Å². The molecule has 8 nitrogen and oxygen atoms in total. The van der Waals surface area contributed by atoms with E-state index in [0.717, 1.165) is 30.8 Å². The molecule has 0 saturated carbocycles. The van der Waals surface area contributed by atoms with Gasteiger partial charge >= 0.3 is 5.97 Å². The predicted molar refractivity (Wildman–Crippen MR) is 185 cm³/mol. The summed E-state index contributed by atoms with van der Waals surface area (Å²) < 4.78 is 4.38. The van der Waals surface area contributed by atoms with E-state index in [1.165, 1.54) is 0 Å². The Morgan fingerprint density at radius 1 is 1.07 bits per heavy atom. The van der Waals surface area contributed by atoms with Gasteiger partial charge in [-0.1, -0.05) is 42.5 Å². The van der Waals surface area contributed by atoms with Crippen molar-refractivity contribution in [1.29, 1.82) is 0 Å². The zero-order valence-corrected chi connectivity index (χ0v) is 28.1. The number of nitrogens with zero attached hydrogens (tertiary/aromatic N) is 3. The number of ether oxygens (including phenoxy) is 1. The molecule has 5 rings (SSSR count). The lowest BCUT2D eigenvalue weighted by Gasteiger charge is -2.39. The maximum atomic E-state index is 15.1. The van der Waals surface area contributed by atoms with E-state index in [1.807, 2.05) is 61.5 Å². The van der Waals surface area contributed by atoms with Crippen LogP contribution in [0.5, 0.6) is 0 Å². The summed E-state index contributed by atoms with van der Waals surface area (Å²) >= 11 is 1.60. The van der Waals surface area contributed by atoms with Crippen LogP contribution in [0.15, 0.2) is 79.9 Å². The predicted octanol–water partition coefficient (Wildman–Crippen LogP) is 5.78. The summed E-state index contributed by atoms with van der Waals surface area (Å²) in [7, 11) is 0. The van der Waals surface area contributed by atoms with Crippen molar-refractivity contribution < 1.29 is 24.2 Å². The number of likely N-dealkylation sites (tertiary alicyclic amines) is 1. The lowest BCUT2D eigenvalue weighted by molar-refractivity contribution is -0.156. The Balaban J connectivity index is 1.59. The highest BCUT2D eigenvalue weighted by molar-refractivity contribution is 8.02. The summed E-state index contributed by atoms with van der Waals surface area (Å²) in [5.74, 6) is -2.34. The van der Waals surface area contributed by atoms with Crippen LogP contribution in [0, 0.1) is 11.8 Å². The monoisotopic (exact) mass is 645 g/mol. The number of fused-ring (bicyclic) bond motifs is 1. The van der Waals surface area contributed by atoms with Gasteiger partial charge in [0.2, 0.25) is 5.91 Å². The number of carbonyl (C=O) groups is 3. The Morgan fingerprint density at radius 2 is 1.74 bits per heavy atom. The molecule has 9 heteroatoms. The van der Waals surface area contributed by atoms with Gasteiger partial charge in [-0.15, -0.1) is 24.9 Å². The molecule has 246 valence electrons. The van der Waals surface area contributed by atoms with E-state index < -0.39 is 33.4 Å². The van der Waals surface area contributed by atoms with Crippen LogP contribution < -0.4 is 9.80 Å². The Bertz CT molecular complexity index is 1430. The van der Waals surface area contributed by atoms with E-state index >= 15 is 4.79 Å². The summed E-state index contributed by atoms with van der Waals surface area (Å²) in [6.07, 6.45) is 6.15. The molecule has 1 N–H and O–H groups in total. The van der Waals surface area contributed by atoms with Crippen LogP contribution in [0.4, 0.5) is 11.4 Å². The second kappa shape index (κ2) is 14.1. The molecular formula is C37H47N3O5S. The van der Waals surface area contributed by atoms with Crippen LogP contribution in [0.25, 0.3) is 0 Å². The summed E-state index contributed by atoms with van der Waals surface area (Å²) in [5, 5.41) is 10.8. The van der Waals surface area contributed by atoms with Gasteiger partial charge in [0.25, 0.3) is 5.91 Å². The molecular weight excluding hydrogens is 598 g/mol. The number of thioether (sulfide) groups is 1. The molecule has 6 atom stereocenters. The molecule has 1 spiro atoms. The Kier molecular flexibility index (Phi) is 10.3. The number of allylic oxidation sites excluding steroid dienone is 1. The highest BCUT2D eigenvalue weighted by Crippen LogP contribution is 2.72. The Labute approximate surface area is 277 Å². The molecule has 3 aliphatic heterocycles. The van der Waals surface area contributed by atoms with Crippen molar-refractivity contribution in [3.8, 4) is 0 Å². The number of esters is 1. The molecule has 3 aliphatic rings. The van der Waals surface area contributed by atoms with Crippen molar-refractivity contribution in [3.63, 3.8) is 0 Å². The summed E-state index contributed by atoms with van der Waals surface area (Å²) in [6, 6.07) is 15.6. The van der Waals surface area contributed by atoms with Crippen molar-refractivity contribution in [1.82, 2.24) is 4.90 Å². The van der Waals surface area contributed by atoms with Crippen LogP contribution >= 0.6 is 11.8 Å². The first-order valence-electron chi connectivity index (χ1n) is 16.4. The van der Waals surface area contributed by atoms with E-state index in [9.17, 15) is 14.7 Å². The largest absolute Gasteiger partial charge is 0.465 e. The van der Waals surface area contributed by atoms with Crippen LogP contribution in [0.1, 0.15) is 58.1 Å². The zero-order valence-electron chi connectivity index (χ0n) is 27.3. The number of hydrogen-bond donors (Lipinski definition) is 1. The van der Waals surface area contributed by atoms with Crippen molar-refractivity contribution in [2.75, 3.05) is 42.6 Å². The van der Waals surface area contributed by atoms with E-state index in [-0.39, 0.29) is 37.5 Å². The van der Waals surface area contributed by atoms with Crippen LogP contribution in [-0.4, -0.2) is 76.2 Å². The SMILES string of the molecule is C=CCCCOC(=O)[C@@H]1[C@H]2C(=O)N([C@H](CO)c3ccccc3)C(C(=O)N(CC=C)c3ccc(N(CC)CC)cc3)C23CC[C@@]1(C)S3. The van der Waals surface area contributed by atoms with Crippen molar-refractivity contribution in [2.24, 2.45) is 11.8 Å². The summed E-state index contributed by atoms with van der Waals surface area (Å²) in [6.45, 7) is 15.8. The lowest BCUT2D eigenvalue weighted by atomic mass is 9.66. The normalized spacial score (nSPS) is 26.8. The number of benzene rings is 2. The average Bonchev–Trinajstić information content (AvgIpc) is 3.64. The molecule has 0 aromatic heterocycles. The van der Waals surface area contributed by atoms with Gasteiger partial charge in [0, 0.05) is 35.8 Å². The molecule has 2 amide bonds. The highest BCUT2D eigenvalue weighted by Gasteiger charge is 2.78. The van der Waals surface area contributed by atoms with E-state index in [2.05, 4.69) is 31.9 Å². The fourth-order valence-corrected chi connectivity index (χ4v) is 10.2. The van der Waals surface area contributed by atoms with Gasteiger partial charge in [-0.3, -0.25) is 14.4 Å². The van der Waals surface area contributed by atoms with Gasteiger partial charge in [-0.25, -0.2) is 0 Å². The smallest absolute Gasteiger partial charge is 0.311 e. The molecule has 3 saturated heterocycles. The van der Waals surface area contributed by atoms with E-state index in [4.69, 9.17) is 4.74 Å². The number of hydrogen-bond acceptors (Lipinski definition) is 7. The Morgan fingerprint density at radius 3 is 2.35 bits per heavy atom. The fourth-order valence-electron chi connectivity index (χ4n) is 7.89. The fraction of sp³-hybridized carbons (Fsp3) is 0.486.